The monoisotopic (exact) mass is 446 g/mol. The molecule has 0 aromatic carbocycles. The SMILES string of the molecule is C[C@@H]1CC(C(=O)O)OC2C1[C@@]1(C)CC[C@@]34C[C@@]35CCC(O)C(C)(C)[C@@H]5CC[C@H]4[C@]1(C)[C@H]2O. The molecule has 5 heteroatoms. The fourth-order valence-electron chi connectivity index (χ4n) is 11.4. The first kappa shape index (κ1) is 21.9. The van der Waals surface area contributed by atoms with Crippen molar-refractivity contribution in [2.24, 2.45) is 50.7 Å². The number of aliphatic carboxylic acids is 1. The lowest BCUT2D eigenvalue weighted by Crippen LogP contribution is -2.59. The van der Waals surface area contributed by atoms with E-state index in [4.69, 9.17) is 4.74 Å². The highest BCUT2D eigenvalue weighted by Crippen LogP contribution is 2.89. The third kappa shape index (κ3) is 2.13. The Bertz CT molecular complexity index is 855. The molecule has 6 fully saturated rings. The summed E-state index contributed by atoms with van der Waals surface area (Å²) in [5.41, 5.74) is 0.286. The van der Waals surface area contributed by atoms with Crippen molar-refractivity contribution in [3.8, 4) is 0 Å². The van der Waals surface area contributed by atoms with Crippen molar-refractivity contribution < 1.29 is 24.9 Å². The number of fused-ring (bicyclic) bond motifs is 4. The van der Waals surface area contributed by atoms with E-state index in [9.17, 15) is 20.1 Å². The lowest BCUT2D eigenvalue weighted by Gasteiger charge is -2.63. The Morgan fingerprint density at radius 2 is 1.59 bits per heavy atom. The second kappa shape index (κ2) is 6.12. The molecular formula is C27H42O5. The topological polar surface area (TPSA) is 87.0 Å². The van der Waals surface area contributed by atoms with Crippen LogP contribution >= 0.6 is 0 Å². The van der Waals surface area contributed by atoms with Crippen molar-refractivity contribution in [3.05, 3.63) is 0 Å². The Morgan fingerprint density at radius 3 is 2.28 bits per heavy atom. The molecule has 1 saturated heterocycles. The molecule has 5 nitrogen and oxygen atoms in total. The van der Waals surface area contributed by atoms with Crippen molar-refractivity contribution in [1.82, 2.24) is 0 Å². The molecule has 32 heavy (non-hydrogen) atoms. The number of carboxylic acid groups (broad SMARTS) is 1. The van der Waals surface area contributed by atoms with Crippen molar-refractivity contribution in [3.63, 3.8) is 0 Å². The molecule has 3 N–H and O–H groups in total. The fraction of sp³-hybridized carbons (Fsp3) is 0.963. The maximum absolute atomic E-state index is 11.9. The standard InChI is InChI=1S/C27H42O5/c1-14-12-15(22(30)31)32-20-19(14)24(4)10-11-27-13-26(27)9-8-18(28)23(2,3)16(26)6-7-17(27)25(24,5)21(20)29/h14-21,28-29H,6-13H2,1-5H3,(H,30,31)/t14-,15?,16+,17+,18?,19?,20?,21+,24-,25-,26-,27+/m1/s1. The number of aliphatic hydroxyl groups excluding tert-OH is 2. The smallest absolute Gasteiger partial charge is 0.332 e. The summed E-state index contributed by atoms with van der Waals surface area (Å²) >= 11 is 0. The van der Waals surface area contributed by atoms with Gasteiger partial charge in [0, 0.05) is 5.41 Å². The normalized spacial score (nSPS) is 62.1. The highest BCUT2D eigenvalue weighted by molar-refractivity contribution is 5.72. The van der Waals surface area contributed by atoms with Crippen LogP contribution in [-0.2, 0) is 9.53 Å². The Labute approximate surface area is 192 Å². The molecule has 0 aromatic rings. The van der Waals surface area contributed by atoms with Gasteiger partial charge in [-0.25, -0.2) is 4.79 Å². The van der Waals surface area contributed by atoms with Crippen LogP contribution in [0.5, 0.6) is 0 Å². The van der Waals surface area contributed by atoms with Gasteiger partial charge in [0.25, 0.3) is 0 Å². The minimum absolute atomic E-state index is 0.0315. The Morgan fingerprint density at radius 1 is 0.938 bits per heavy atom. The highest BCUT2D eigenvalue weighted by atomic mass is 16.5. The Balaban J connectivity index is 1.40. The van der Waals surface area contributed by atoms with Crippen LogP contribution in [0.25, 0.3) is 0 Å². The molecule has 1 aliphatic heterocycles. The molecule has 1 heterocycles. The van der Waals surface area contributed by atoms with E-state index in [2.05, 4.69) is 34.6 Å². The molecule has 12 atom stereocenters. The van der Waals surface area contributed by atoms with Crippen LogP contribution in [0.3, 0.4) is 0 Å². The van der Waals surface area contributed by atoms with Gasteiger partial charge in [-0.1, -0.05) is 34.6 Å². The van der Waals surface area contributed by atoms with E-state index in [0.717, 1.165) is 32.1 Å². The Kier molecular flexibility index (Phi) is 4.18. The molecule has 0 aromatic heterocycles. The molecule has 2 spiro atoms. The van der Waals surface area contributed by atoms with Crippen molar-refractivity contribution in [1.29, 1.82) is 0 Å². The van der Waals surface area contributed by atoms with Crippen molar-refractivity contribution >= 4 is 5.97 Å². The van der Waals surface area contributed by atoms with Crippen LogP contribution in [0, 0.1) is 50.7 Å². The predicted octanol–water partition coefficient (Wildman–Crippen LogP) is 4.25. The maximum atomic E-state index is 11.9. The number of carbonyl (C=O) groups is 1. The van der Waals surface area contributed by atoms with Gasteiger partial charge < -0.3 is 20.1 Å². The third-order valence-electron chi connectivity index (χ3n) is 13.1. The first-order chi connectivity index (χ1) is 14.9. The summed E-state index contributed by atoms with van der Waals surface area (Å²) in [7, 11) is 0. The van der Waals surface area contributed by atoms with Crippen molar-refractivity contribution in [2.45, 2.75) is 110 Å². The van der Waals surface area contributed by atoms with Gasteiger partial charge in [0.05, 0.1) is 18.3 Å². The van der Waals surface area contributed by atoms with Gasteiger partial charge in [-0.2, -0.15) is 0 Å². The lowest BCUT2D eigenvalue weighted by molar-refractivity contribution is -0.183. The van der Waals surface area contributed by atoms with Crippen LogP contribution in [0.15, 0.2) is 0 Å². The summed E-state index contributed by atoms with van der Waals surface area (Å²) in [6, 6.07) is 0. The van der Waals surface area contributed by atoms with E-state index in [1.807, 2.05) is 0 Å². The van der Waals surface area contributed by atoms with Crippen LogP contribution in [-0.4, -0.2) is 45.7 Å². The number of aliphatic hydroxyl groups is 2. The summed E-state index contributed by atoms with van der Waals surface area (Å²) in [4.78, 5) is 11.8. The van der Waals surface area contributed by atoms with Crippen LogP contribution in [0.2, 0.25) is 0 Å². The fourth-order valence-corrected chi connectivity index (χ4v) is 11.4. The van der Waals surface area contributed by atoms with E-state index in [1.54, 1.807) is 0 Å². The van der Waals surface area contributed by atoms with Gasteiger partial charge in [-0.3, -0.25) is 0 Å². The quantitative estimate of drug-likeness (QED) is 0.561. The number of rotatable bonds is 1. The van der Waals surface area contributed by atoms with E-state index >= 15 is 0 Å². The molecule has 6 rings (SSSR count). The summed E-state index contributed by atoms with van der Waals surface area (Å²) < 4.78 is 6.17. The van der Waals surface area contributed by atoms with Gasteiger partial charge in [-0.05, 0) is 96.7 Å². The first-order valence-electron chi connectivity index (χ1n) is 13.1. The summed E-state index contributed by atoms with van der Waals surface area (Å²) in [5.74, 6) is 0.575. The highest BCUT2D eigenvalue weighted by Gasteiger charge is 2.84. The average molecular weight is 447 g/mol. The minimum Gasteiger partial charge on any atom is -0.479 e. The van der Waals surface area contributed by atoms with Crippen LogP contribution < -0.4 is 0 Å². The predicted molar refractivity (Wildman–Crippen MR) is 120 cm³/mol. The zero-order valence-electron chi connectivity index (χ0n) is 20.4. The van der Waals surface area contributed by atoms with Gasteiger partial charge in [-0.15, -0.1) is 0 Å². The molecule has 0 radical (unpaired) electrons. The zero-order valence-corrected chi connectivity index (χ0v) is 20.4. The molecule has 0 amide bonds. The molecule has 4 unspecified atom stereocenters. The van der Waals surface area contributed by atoms with E-state index < -0.39 is 18.2 Å². The second-order valence-corrected chi connectivity index (χ2v) is 13.9. The van der Waals surface area contributed by atoms with Gasteiger partial charge in [0.2, 0.25) is 0 Å². The summed E-state index contributed by atoms with van der Waals surface area (Å²) in [6.07, 6.45) is 6.41. The maximum Gasteiger partial charge on any atom is 0.332 e. The Hall–Kier alpha value is -0.650. The second-order valence-electron chi connectivity index (χ2n) is 13.9. The molecule has 180 valence electrons. The number of hydrogen-bond acceptors (Lipinski definition) is 4. The van der Waals surface area contributed by atoms with Crippen LogP contribution in [0.1, 0.15) is 86.0 Å². The van der Waals surface area contributed by atoms with Gasteiger partial charge in [0.15, 0.2) is 6.10 Å². The van der Waals surface area contributed by atoms with Crippen LogP contribution in [0.4, 0.5) is 0 Å². The van der Waals surface area contributed by atoms with E-state index in [0.29, 0.717) is 23.7 Å². The minimum atomic E-state index is -0.895. The van der Waals surface area contributed by atoms with Gasteiger partial charge >= 0.3 is 5.97 Å². The molecular weight excluding hydrogens is 404 g/mol. The lowest BCUT2D eigenvalue weighted by atomic mass is 9.41. The van der Waals surface area contributed by atoms with Crippen molar-refractivity contribution in [2.75, 3.05) is 0 Å². The van der Waals surface area contributed by atoms with E-state index in [1.165, 1.54) is 12.8 Å². The number of ether oxygens (including phenoxy) is 1. The third-order valence-corrected chi connectivity index (χ3v) is 13.1. The number of carboxylic acids is 1. The van der Waals surface area contributed by atoms with E-state index in [-0.39, 0.29) is 45.7 Å². The molecule has 0 bridgehead atoms. The zero-order chi connectivity index (χ0) is 23.1. The summed E-state index contributed by atoms with van der Waals surface area (Å²) in [5, 5.41) is 32.4. The number of hydrogen-bond donors (Lipinski definition) is 3. The largest absolute Gasteiger partial charge is 0.479 e. The molecule has 5 aliphatic carbocycles. The first-order valence-corrected chi connectivity index (χ1v) is 13.1. The average Bonchev–Trinajstić information content (AvgIpc) is 3.36. The summed E-state index contributed by atoms with van der Waals surface area (Å²) in [6.45, 7) is 11.5. The van der Waals surface area contributed by atoms with Gasteiger partial charge in [0.1, 0.15) is 0 Å². The molecule has 5 saturated carbocycles. The molecule has 6 aliphatic rings.